The lowest BCUT2D eigenvalue weighted by molar-refractivity contribution is 0.0947. The zero-order valence-corrected chi connectivity index (χ0v) is 21.7. The molecular formula is C31H28N6O3. The van der Waals surface area contributed by atoms with Crippen LogP contribution in [0.3, 0.4) is 0 Å². The number of para-hydroxylation sites is 1. The van der Waals surface area contributed by atoms with Gasteiger partial charge in [-0.1, -0.05) is 30.7 Å². The van der Waals surface area contributed by atoms with E-state index < -0.39 is 5.91 Å². The number of pyridine rings is 2. The molecule has 2 aromatic carbocycles. The van der Waals surface area contributed by atoms with Crippen molar-refractivity contribution < 1.29 is 14.7 Å². The van der Waals surface area contributed by atoms with Gasteiger partial charge < -0.3 is 21.1 Å². The van der Waals surface area contributed by atoms with Gasteiger partial charge in [-0.15, -0.1) is 0 Å². The van der Waals surface area contributed by atoms with Gasteiger partial charge in [0, 0.05) is 47.2 Å². The van der Waals surface area contributed by atoms with Crippen molar-refractivity contribution in [1.82, 2.24) is 20.6 Å². The predicted molar refractivity (Wildman–Crippen MR) is 152 cm³/mol. The number of phenolic OH excluding ortho intramolecular Hbond substituents is 1. The molecule has 1 aliphatic heterocycles. The number of rotatable bonds is 7. The number of piperidine rings is 1. The summed E-state index contributed by atoms with van der Waals surface area (Å²) in [5.74, 6) is -0.634. The third kappa shape index (κ3) is 5.98. The van der Waals surface area contributed by atoms with E-state index in [0.717, 1.165) is 25.8 Å². The van der Waals surface area contributed by atoms with E-state index >= 15 is 0 Å². The van der Waals surface area contributed by atoms with E-state index in [2.05, 4.69) is 32.0 Å². The third-order valence-electron chi connectivity index (χ3n) is 6.84. The largest absolute Gasteiger partial charge is 0.507 e. The van der Waals surface area contributed by atoms with Crippen LogP contribution in [0.2, 0.25) is 0 Å². The maximum atomic E-state index is 13.0. The Morgan fingerprint density at radius 2 is 1.80 bits per heavy atom. The molecule has 3 heterocycles. The Kier molecular flexibility index (Phi) is 8.09. The molecule has 200 valence electrons. The predicted octanol–water partition coefficient (Wildman–Crippen LogP) is 4.51. The van der Waals surface area contributed by atoms with E-state index in [0.29, 0.717) is 40.1 Å². The summed E-state index contributed by atoms with van der Waals surface area (Å²) in [5, 5.41) is 29.9. The molecule has 0 spiro atoms. The Hall–Kier alpha value is -5.07. The summed E-state index contributed by atoms with van der Waals surface area (Å²) in [4.78, 5) is 34.5. The molecule has 1 aliphatic rings. The lowest BCUT2D eigenvalue weighted by Gasteiger charge is -2.23. The molecule has 4 aromatic rings. The molecule has 0 saturated carbocycles. The van der Waals surface area contributed by atoms with Crippen molar-refractivity contribution in [2.45, 2.75) is 25.3 Å². The molecule has 2 amide bonds. The van der Waals surface area contributed by atoms with Gasteiger partial charge in [0.2, 0.25) is 0 Å². The van der Waals surface area contributed by atoms with Crippen LogP contribution in [0.5, 0.6) is 5.75 Å². The fraction of sp³-hybridized carbons (Fsp3) is 0.194. The van der Waals surface area contributed by atoms with Crippen LogP contribution >= 0.6 is 0 Å². The van der Waals surface area contributed by atoms with Crippen molar-refractivity contribution >= 4 is 17.6 Å². The first-order valence-electron chi connectivity index (χ1n) is 13.1. The molecule has 1 saturated heterocycles. The second kappa shape index (κ2) is 12.2. The molecule has 40 heavy (non-hydrogen) atoms. The van der Waals surface area contributed by atoms with Gasteiger partial charge >= 0.3 is 0 Å². The van der Waals surface area contributed by atoms with E-state index in [4.69, 9.17) is 0 Å². The Morgan fingerprint density at radius 1 is 0.975 bits per heavy atom. The van der Waals surface area contributed by atoms with Gasteiger partial charge in [0.15, 0.2) is 5.82 Å². The van der Waals surface area contributed by atoms with Crippen LogP contribution in [0.1, 0.15) is 45.5 Å². The number of anilines is 1. The topological polar surface area (TPSA) is 140 Å². The maximum absolute atomic E-state index is 13.0. The quantitative estimate of drug-likeness (QED) is 0.274. The van der Waals surface area contributed by atoms with Crippen molar-refractivity contribution in [2.75, 3.05) is 18.4 Å². The first-order valence-corrected chi connectivity index (χ1v) is 13.1. The molecule has 1 atom stereocenters. The Labute approximate surface area is 231 Å². The fourth-order valence-electron chi connectivity index (χ4n) is 4.73. The number of nitrogens with zero attached hydrogens (tertiary/aromatic N) is 3. The normalized spacial score (nSPS) is 14.6. The van der Waals surface area contributed by atoms with Crippen LogP contribution < -0.4 is 16.0 Å². The summed E-state index contributed by atoms with van der Waals surface area (Å²) >= 11 is 0. The minimum atomic E-state index is -0.462. The van der Waals surface area contributed by atoms with Crippen LogP contribution in [-0.2, 0) is 0 Å². The first kappa shape index (κ1) is 26.5. The average Bonchev–Trinajstić information content (AvgIpc) is 3.00. The van der Waals surface area contributed by atoms with Gasteiger partial charge in [-0.3, -0.25) is 14.6 Å². The Bertz CT molecular complexity index is 1580. The molecule has 5 rings (SSSR count). The zero-order valence-electron chi connectivity index (χ0n) is 21.7. The van der Waals surface area contributed by atoms with Crippen molar-refractivity contribution in [3.8, 4) is 34.2 Å². The van der Waals surface area contributed by atoms with Crippen molar-refractivity contribution in [3.63, 3.8) is 0 Å². The van der Waals surface area contributed by atoms with Crippen molar-refractivity contribution in [1.29, 1.82) is 5.26 Å². The number of benzene rings is 2. The number of hydrogen-bond acceptors (Lipinski definition) is 7. The first-order chi connectivity index (χ1) is 19.5. The summed E-state index contributed by atoms with van der Waals surface area (Å²) in [6.07, 6.45) is 6.30. The van der Waals surface area contributed by atoms with Gasteiger partial charge in [-0.05, 0) is 67.4 Å². The SMILES string of the molecule is N#Cc1c(-c2cccc(C(=O)NCC3CCCCN3)c2)cc(-c2ccccc2O)nc1NC(=O)c1ccncc1. The number of phenols is 1. The molecule has 0 radical (unpaired) electrons. The highest BCUT2D eigenvalue weighted by molar-refractivity contribution is 6.05. The summed E-state index contributed by atoms with van der Waals surface area (Å²) in [7, 11) is 0. The molecule has 0 aliphatic carbocycles. The Morgan fingerprint density at radius 3 is 2.55 bits per heavy atom. The lowest BCUT2D eigenvalue weighted by Crippen LogP contribution is -2.43. The van der Waals surface area contributed by atoms with Gasteiger partial charge in [-0.25, -0.2) is 4.98 Å². The van der Waals surface area contributed by atoms with Gasteiger partial charge in [0.1, 0.15) is 17.4 Å². The number of nitrogens with one attached hydrogen (secondary N) is 3. The molecule has 1 unspecified atom stereocenters. The van der Waals surface area contributed by atoms with Gasteiger partial charge in [0.05, 0.1) is 5.69 Å². The van der Waals surface area contributed by atoms with Gasteiger partial charge in [-0.2, -0.15) is 5.26 Å². The van der Waals surface area contributed by atoms with E-state index in [-0.39, 0.29) is 29.1 Å². The number of aromatic nitrogens is 2. The highest BCUT2D eigenvalue weighted by atomic mass is 16.3. The van der Waals surface area contributed by atoms with Crippen LogP contribution in [0.4, 0.5) is 5.82 Å². The summed E-state index contributed by atoms with van der Waals surface area (Å²) in [5.41, 5.74) is 2.77. The van der Waals surface area contributed by atoms with Crippen LogP contribution in [0.15, 0.2) is 79.1 Å². The van der Waals surface area contributed by atoms with Crippen LogP contribution in [-0.4, -0.2) is 46.0 Å². The number of carbonyl (C=O) groups excluding carboxylic acids is 2. The zero-order chi connectivity index (χ0) is 27.9. The highest BCUT2D eigenvalue weighted by Gasteiger charge is 2.20. The Balaban J connectivity index is 1.53. The summed E-state index contributed by atoms with van der Waals surface area (Å²) < 4.78 is 0. The number of hydrogen-bond donors (Lipinski definition) is 4. The molecule has 0 bridgehead atoms. The second-order valence-corrected chi connectivity index (χ2v) is 9.54. The van der Waals surface area contributed by atoms with E-state index in [1.54, 1.807) is 60.7 Å². The highest BCUT2D eigenvalue weighted by Crippen LogP contribution is 2.35. The van der Waals surface area contributed by atoms with E-state index in [1.165, 1.54) is 18.5 Å². The number of nitriles is 1. The lowest BCUT2D eigenvalue weighted by atomic mass is 9.96. The smallest absolute Gasteiger partial charge is 0.256 e. The fourth-order valence-corrected chi connectivity index (χ4v) is 4.73. The van der Waals surface area contributed by atoms with Crippen LogP contribution in [0.25, 0.3) is 22.4 Å². The average molecular weight is 533 g/mol. The van der Waals surface area contributed by atoms with Crippen molar-refractivity contribution in [2.24, 2.45) is 0 Å². The second-order valence-electron chi connectivity index (χ2n) is 9.54. The summed E-state index contributed by atoms with van der Waals surface area (Å²) in [6.45, 7) is 1.48. The molecule has 2 aromatic heterocycles. The number of carbonyl (C=O) groups is 2. The molecule has 9 heteroatoms. The third-order valence-corrected chi connectivity index (χ3v) is 6.84. The van der Waals surface area contributed by atoms with Gasteiger partial charge in [0.25, 0.3) is 11.8 Å². The van der Waals surface area contributed by atoms with E-state index in [1.807, 2.05) is 0 Å². The molecular weight excluding hydrogens is 504 g/mol. The molecule has 9 nitrogen and oxygen atoms in total. The summed E-state index contributed by atoms with van der Waals surface area (Å²) in [6, 6.07) is 20.9. The maximum Gasteiger partial charge on any atom is 0.256 e. The monoisotopic (exact) mass is 532 g/mol. The van der Waals surface area contributed by atoms with Crippen LogP contribution in [0, 0.1) is 11.3 Å². The number of aromatic hydroxyl groups is 1. The molecule has 4 N–H and O–H groups in total. The van der Waals surface area contributed by atoms with Crippen molar-refractivity contribution in [3.05, 3.63) is 95.8 Å². The minimum absolute atomic E-state index is 0.00141. The standard InChI is InChI=1S/C31H28N6O3/c32-18-26-25(21-6-5-7-22(16-21)30(39)35-19-23-8-3-4-13-34-23)17-27(24-9-1-2-10-28(24)38)36-29(26)37-31(40)20-11-14-33-15-12-20/h1-2,5-7,9-12,14-17,23,34,38H,3-4,8,13,19H2,(H,35,39)(H,36,37,40). The number of amides is 2. The minimum Gasteiger partial charge on any atom is -0.507 e. The molecule has 1 fully saturated rings. The van der Waals surface area contributed by atoms with E-state index in [9.17, 15) is 20.0 Å².